The zero-order valence-electron chi connectivity index (χ0n) is 9.30. The Morgan fingerprint density at radius 3 is 2.82 bits per heavy atom. The van der Waals surface area contributed by atoms with Gasteiger partial charge in [0.15, 0.2) is 12.4 Å². The Labute approximate surface area is 97.4 Å². The second kappa shape index (κ2) is 4.03. The Kier molecular flexibility index (Phi) is 2.38. The second-order valence-corrected chi connectivity index (χ2v) is 3.65. The van der Waals surface area contributed by atoms with Crippen LogP contribution >= 0.6 is 0 Å². The zero-order chi connectivity index (χ0) is 11.7. The van der Waals surface area contributed by atoms with Crippen molar-refractivity contribution in [1.29, 1.82) is 0 Å². The van der Waals surface area contributed by atoms with Gasteiger partial charge in [-0.3, -0.25) is 5.10 Å². The van der Waals surface area contributed by atoms with Crippen LogP contribution in [-0.2, 0) is 4.74 Å². The maximum absolute atomic E-state index is 5.46. The molecule has 17 heavy (non-hydrogen) atoms. The highest BCUT2D eigenvalue weighted by atomic mass is 16.7. The van der Waals surface area contributed by atoms with E-state index < -0.39 is 0 Å². The van der Waals surface area contributed by atoms with Crippen LogP contribution < -0.4 is 4.74 Å². The number of nitrogens with one attached hydrogen (secondary N) is 1. The molecule has 0 spiro atoms. The predicted octanol–water partition coefficient (Wildman–Crippen LogP) is 2.09. The van der Waals surface area contributed by atoms with Crippen LogP contribution in [0.5, 0.6) is 5.88 Å². The van der Waals surface area contributed by atoms with Crippen molar-refractivity contribution in [3.63, 3.8) is 0 Å². The Hall–Kier alpha value is -2.14. The van der Waals surface area contributed by atoms with Gasteiger partial charge >= 0.3 is 0 Å². The van der Waals surface area contributed by atoms with Crippen LogP contribution in [0, 0.1) is 0 Å². The van der Waals surface area contributed by atoms with Gasteiger partial charge < -0.3 is 9.47 Å². The van der Waals surface area contributed by atoms with Crippen molar-refractivity contribution in [2.24, 2.45) is 0 Å². The quantitative estimate of drug-likeness (QED) is 0.698. The average Bonchev–Trinajstić information content (AvgIpc) is 2.84. The maximum atomic E-state index is 5.46. The number of benzene rings is 1. The summed E-state index contributed by atoms with van der Waals surface area (Å²) in [6, 6.07) is 7.93. The molecule has 0 radical (unpaired) electrons. The first-order valence-corrected chi connectivity index (χ1v) is 5.23. The largest absolute Gasteiger partial charge is 0.450 e. The van der Waals surface area contributed by atoms with E-state index in [2.05, 4.69) is 15.2 Å². The molecule has 1 N–H and O–H groups in total. The zero-order valence-corrected chi connectivity index (χ0v) is 9.30. The fourth-order valence-corrected chi connectivity index (χ4v) is 1.85. The monoisotopic (exact) mass is 229 g/mol. The van der Waals surface area contributed by atoms with Crippen LogP contribution in [0.15, 0.2) is 30.5 Å². The minimum Gasteiger partial charge on any atom is -0.450 e. The van der Waals surface area contributed by atoms with Crippen LogP contribution in [0.3, 0.4) is 0 Å². The summed E-state index contributed by atoms with van der Waals surface area (Å²) in [7, 11) is 1.58. The number of aromatic nitrogens is 3. The van der Waals surface area contributed by atoms with Gasteiger partial charge in [0.25, 0.3) is 0 Å². The molecule has 0 amide bonds. The van der Waals surface area contributed by atoms with Gasteiger partial charge in [0, 0.05) is 17.9 Å². The summed E-state index contributed by atoms with van der Waals surface area (Å²) >= 11 is 0. The topological polar surface area (TPSA) is 60.0 Å². The Bertz CT molecular complexity index is 663. The summed E-state index contributed by atoms with van der Waals surface area (Å²) < 4.78 is 10.4. The fraction of sp³-hybridized carbons (Fsp3) is 0.167. The lowest BCUT2D eigenvalue weighted by Gasteiger charge is -2.07. The molecule has 86 valence electrons. The first kappa shape index (κ1) is 10.0. The molecule has 0 aliphatic rings. The third-order valence-electron chi connectivity index (χ3n) is 2.59. The molecule has 0 atom stereocenters. The lowest BCUT2D eigenvalue weighted by Crippen LogP contribution is -2.01. The molecule has 5 heteroatoms. The lowest BCUT2D eigenvalue weighted by atomic mass is 10.1. The fourth-order valence-electron chi connectivity index (χ4n) is 1.85. The van der Waals surface area contributed by atoms with Crippen LogP contribution in [0.2, 0.25) is 0 Å². The molecule has 0 fully saturated rings. The number of H-pyrrole nitrogens is 1. The molecular weight excluding hydrogens is 218 g/mol. The molecule has 5 nitrogen and oxygen atoms in total. The van der Waals surface area contributed by atoms with E-state index in [1.54, 1.807) is 13.3 Å². The predicted molar refractivity (Wildman–Crippen MR) is 63.9 cm³/mol. The number of fused-ring (bicyclic) bond motifs is 3. The van der Waals surface area contributed by atoms with E-state index in [0.29, 0.717) is 5.88 Å². The lowest BCUT2D eigenvalue weighted by molar-refractivity contribution is 0.0492. The molecule has 0 aliphatic heterocycles. The molecule has 3 rings (SSSR count). The first-order valence-electron chi connectivity index (χ1n) is 5.23. The van der Waals surface area contributed by atoms with Gasteiger partial charge in [0.05, 0.1) is 6.20 Å². The number of rotatable bonds is 3. The highest BCUT2D eigenvalue weighted by molar-refractivity contribution is 6.06. The second-order valence-electron chi connectivity index (χ2n) is 3.65. The molecule has 2 heterocycles. The molecule has 0 aliphatic carbocycles. The van der Waals surface area contributed by atoms with Crippen molar-refractivity contribution in [2.45, 2.75) is 0 Å². The molecule has 1 aromatic carbocycles. The number of hydrogen-bond acceptors (Lipinski definition) is 4. The number of methoxy groups -OCH3 is 1. The Morgan fingerprint density at radius 2 is 2.00 bits per heavy atom. The molecular formula is C12H11N3O2. The van der Waals surface area contributed by atoms with Crippen molar-refractivity contribution in [1.82, 2.24) is 15.2 Å². The van der Waals surface area contributed by atoms with E-state index in [9.17, 15) is 0 Å². The SMILES string of the molecule is COCOc1nc2[nH]ncc2c2ccccc12. The van der Waals surface area contributed by atoms with E-state index >= 15 is 0 Å². The highest BCUT2D eigenvalue weighted by Gasteiger charge is 2.09. The minimum atomic E-state index is 0.177. The maximum Gasteiger partial charge on any atom is 0.225 e. The number of ether oxygens (including phenoxy) is 2. The van der Waals surface area contributed by atoms with E-state index in [0.717, 1.165) is 21.8 Å². The van der Waals surface area contributed by atoms with Crippen LogP contribution in [0.4, 0.5) is 0 Å². The summed E-state index contributed by atoms with van der Waals surface area (Å²) in [6.07, 6.45) is 1.77. The van der Waals surface area contributed by atoms with E-state index in [-0.39, 0.29) is 6.79 Å². The van der Waals surface area contributed by atoms with Crippen molar-refractivity contribution >= 4 is 21.8 Å². The molecule has 0 saturated heterocycles. The van der Waals surface area contributed by atoms with Gasteiger partial charge in [0.1, 0.15) is 0 Å². The van der Waals surface area contributed by atoms with Crippen molar-refractivity contribution in [3.05, 3.63) is 30.5 Å². The third kappa shape index (κ3) is 1.60. The molecule has 0 unspecified atom stereocenters. The van der Waals surface area contributed by atoms with E-state index in [1.807, 2.05) is 24.3 Å². The van der Waals surface area contributed by atoms with Crippen molar-refractivity contribution in [2.75, 3.05) is 13.9 Å². The van der Waals surface area contributed by atoms with Gasteiger partial charge in [0.2, 0.25) is 5.88 Å². The van der Waals surface area contributed by atoms with Gasteiger partial charge in [-0.15, -0.1) is 0 Å². The number of pyridine rings is 1. The number of aromatic amines is 1. The standard InChI is InChI=1S/C12H11N3O2/c1-16-7-17-12-9-5-3-2-4-8(9)10-6-13-15-11(10)14-12/h2-6H,7H2,1H3,(H,13,14,15). The summed E-state index contributed by atoms with van der Waals surface area (Å²) in [5.41, 5.74) is 0.717. The molecule has 0 saturated carbocycles. The average molecular weight is 229 g/mol. The molecule has 3 aromatic rings. The van der Waals surface area contributed by atoms with Gasteiger partial charge in [-0.1, -0.05) is 18.2 Å². The summed E-state index contributed by atoms with van der Waals surface area (Å²) in [4.78, 5) is 4.38. The van der Waals surface area contributed by atoms with Crippen LogP contribution in [0.1, 0.15) is 0 Å². The summed E-state index contributed by atoms with van der Waals surface area (Å²) in [6.45, 7) is 0.177. The summed E-state index contributed by atoms with van der Waals surface area (Å²) in [5, 5.41) is 9.86. The minimum absolute atomic E-state index is 0.177. The van der Waals surface area contributed by atoms with Crippen LogP contribution in [-0.4, -0.2) is 29.1 Å². The van der Waals surface area contributed by atoms with Gasteiger partial charge in [-0.2, -0.15) is 10.1 Å². The van der Waals surface area contributed by atoms with E-state index in [4.69, 9.17) is 9.47 Å². The van der Waals surface area contributed by atoms with E-state index in [1.165, 1.54) is 0 Å². The van der Waals surface area contributed by atoms with Gasteiger partial charge in [-0.05, 0) is 11.5 Å². The van der Waals surface area contributed by atoms with Crippen molar-refractivity contribution in [3.8, 4) is 5.88 Å². The number of hydrogen-bond donors (Lipinski definition) is 1. The normalized spacial score (nSPS) is 11.1. The smallest absolute Gasteiger partial charge is 0.225 e. The Balaban J connectivity index is 2.29. The molecule has 2 aromatic heterocycles. The van der Waals surface area contributed by atoms with Gasteiger partial charge in [-0.25, -0.2) is 0 Å². The summed E-state index contributed by atoms with van der Waals surface area (Å²) in [5.74, 6) is 0.555. The molecule has 0 bridgehead atoms. The number of nitrogens with zero attached hydrogens (tertiary/aromatic N) is 2. The van der Waals surface area contributed by atoms with Crippen molar-refractivity contribution < 1.29 is 9.47 Å². The first-order chi connectivity index (χ1) is 8.40. The Morgan fingerprint density at radius 1 is 1.18 bits per heavy atom. The van der Waals surface area contributed by atoms with Crippen LogP contribution in [0.25, 0.3) is 21.8 Å². The highest BCUT2D eigenvalue weighted by Crippen LogP contribution is 2.29. The third-order valence-corrected chi connectivity index (χ3v) is 2.59.